The molecule has 0 radical (unpaired) electrons. The standard InChI is InChI=1S/C19H25N5O2/c1-14-6-11-24(12-7-14)19(25)18-21-17(22-26-18)15-5-8-20-16(13-15)23-9-3-2-4-10-23/h5,8,13-14H,2-4,6-7,9-12H2,1H3. The van der Waals surface area contributed by atoms with Gasteiger partial charge in [0.15, 0.2) is 0 Å². The maximum Gasteiger partial charge on any atom is 0.316 e. The van der Waals surface area contributed by atoms with Gasteiger partial charge in [0.25, 0.3) is 0 Å². The number of carbonyl (C=O) groups is 1. The first-order valence-electron chi connectivity index (χ1n) is 9.55. The maximum absolute atomic E-state index is 12.6. The smallest absolute Gasteiger partial charge is 0.316 e. The van der Waals surface area contributed by atoms with Crippen LogP contribution in [0.1, 0.15) is 49.7 Å². The first kappa shape index (κ1) is 17.0. The van der Waals surface area contributed by atoms with Crippen LogP contribution in [0, 0.1) is 5.92 Å². The van der Waals surface area contributed by atoms with Crippen molar-refractivity contribution in [3.05, 3.63) is 24.2 Å². The maximum atomic E-state index is 12.6. The molecule has 0 aliphatic carbocycles. The normalized spacial score (nSPS) is 19.0. The summed E-state index contributed by atoms with van der Waals surface area (Å²) >= 11 is 0. The lowest BCUT2D eigenvalue weighted by atomic mass is 9.99. The van der Waals surface area contributed by atoms with E-state index in [1.165, 1.54) is 19.3 Å². The van der Waals surface area contributed by atoms with Crippen molar-refractivity contribution in [1.29, 1.82) is 0 Å². The Morgan fingerprint density at radius 1 is 1.15 bits per heavy atom. The summed E-state index contributed by atoms with van der Waals surface area (Å²) in [6, 6.07) is 3.84. The lowest BCUT2D eigenvalue weighted by Gasteiger charge is -2.28. The van der Waals surface area contributed by atoms with E-state index in [0.29, 0.717) is 11.7 Å². The molecule has 2 aliphatic heterocycles. The Hall–Kier alpha value is -2.44. The third kappa shape index (κ3) is 3.57. The third-order valence-electron chi connectivity index (χ3n) is 5.36. The highest BCUT2D eigenvalue weighted by molar-refractivity contribution is 5.90. The second-order valence-corrected chi connectivity index (χ2v) is 7.35. The molecule has 4 heterocycles. The molecule has 1 amide bonds. The fourth-order valence-electron chi connectivity index (χ4n) is 3.63. The molecule has 0 saturated carbocycles. The Morgan fingerprint density at radius 3 is 2.69 bits per heavy atom. The fraction of sp³-hybridized carbons (Fsp3) is 0.579. The lowest BCUT2D eigenvalue weighted by Crippen LogP contribution is -2.38. The molecule has 2 aromatic heterocycles. The van der Waals surface area contributed by atoms with Gasteiger partial charge in [0.1, 0.15) is 5.82 Å². The number of rotatable bonds is 3. The number of amides is 1. The first-order chi connectivity index (χ1) is 12.7. The molecule has 2 aromatic rings. The van der Waals surface area contributed by atoms with E-state index in [-0.39, 0.29) is 11.8 Å². The number of anilines is 1. The third-order valence-corrected chi connectivity index (χ3v) is 5.36. The zero-order valence-electron chi connectivity index (χ0n) is 15.2. The topological polar surface area (TPSA) is 75.4 Å². The van der Waals surface area contributed by atoms with Crippen molar-refractivity contribution in [1.82, 2.24) is 20.0 Å². The molecule has 138 valence electrons. The van der Waals surface area contributed by atoms with Crippen molar-refractivity contribution in [3.63, 3.8) is 0 Å². The van der Waals surface area contributed by atoms with E-state index in [0.717, 1.165) is 50.4 Å². The highest BCUT2D eigenvalue weighted by atomic mass is 16.5. The van der Waals surface area contributed by atoms with Crippen LogP contribution in [-0.4, -0.2) is 52.1 Å². The van der Waals surface area contributed by atoms with Crippen molar-refractivity contribution in [2.45, 2.75) is 39.0 Å². The summed E-state index contributed by atoms with van der Waals surface area (Å²) in [6.45, 7) is 5.79. The average molecular weight is 355 g/mol. The van der Waals surface area contributed by atoms with Gasteiger partial charge in [-0.2, -0.15) is 4.98 Å². The van der Waals surface area contributed by atoms with Gasteiger partial charge in [-0.05, 0) is 50.2 Å². The number of nitrogens with zero attached hydrogens (tertiary/aromatic N) is 5. The van der Waals surface area contributed by atoms with Crippen LogP contribution >= 0.6 is 0 Å². The Bertz CT molecular complexity index is 761. The highest BCUT2D eigenvalue weighted by Gasteiger charge is 2.26. The number of hydrogen-bond acceptors (Lipinski definition) is 6. The Balaban J connectivity index is 1.50. The van der Waals surface area contributed by atoms with Crippen molar-refractivity contribution in [2.24, 2.45) is 5.92 Å². The van der Waals surface area contributed by atoms with Crippen LogP contribution in [0.3, 0.4) is 0 Å². The monoisotopic (exact) mass is 355 g/mol. The summed E-state index contributed by atoms with van der Waals surface area (Å²) in [5.41, 5.74) is 0.829. The van der Waals surface area contributed by atoms with Gasteiger partial charge in [0, 0.05) is 37.9 Å². The Kier molecular flexibility index (Phi) is 4.86. The molecule has 0 unspecified atom stereocenters. The summed E-state index contributed by atoms with van der Waals surface area (Å²) in [5, 5.41) is 4.02. The van der Waals surface area contributed by atoms with Crippen molar-refractivity contribution < 1.29 is 9.32 Å². The molecule has 0 bridgehead atoms. The van der Waals surface area contributed by atoms with Crippen molar-refractivity contribution in [2.75, 3.05) is 31.1 Å². The molecule has 0 atom stereocenters. The SMILES string of the molecule is CC1CCN(C(=O)c2nc(-c3ccnc(N4CCCCC4)c3)no2)CC1. The van der Waals surface area contributed by atoms with Gasteiger partial charge in [-0.25, -0.2) is 4.98 Å². The van der Waals surface area contributed by atoms with Crippen LogP contribution in [-0.2, 0) is 0 Å². The summed E-state index contributed by atoms with van der Waals surface area (Å²) < 4.78 is 5.26. The van der Waals surface area contributed by atoms with Crippen LogP contribution in [0.15, 0.2) is 22.9 Å². The molecule has 4 rings (SSSR count). The van der Waals surface area contributed by atoms with Gasteiger partial charge >= 0.3 is 11.8 Å². The molecule has 2 aliphatic rings. The number of piperidine rings is 2. The van der Waals surface area contributed by atoms with Crippen LogP contribution in [0.25, 0.3) is 11.4 Å². The van der Waals surface area contributed by atoms with Crippen LogP contribution in [0.5, 0.6) is 0 Å². The van der Waals surface area contributed by atoms with Crippen LogP contribution < -0.4 is 4.90 Å². The molecule has 7 heteroatoms. The zero-order chi connectivity index (χ0) is 17.9. The molecule has 0 aromatic carbocycles. The second kappa shape index (κ2) is 7.43. The Labute approximate surface area is 153 Å². The number of hydrogen-bond donors (Lipinski definition) is 0. The van der Waals surface area contributed by atoms with Crippen LogP contribution in [0.2, 0.25) is 0 Å². The zero-order valence-corrected chi connectivity index (χ0v) is 15.2. The quantitative estimate of drug-likeness (QED) is 0.842. The molecule has 26 heavy (non-hydrogen) atoms. The predicted octanol–water partition coefficient (Wildman–Crippen LogP) is 2.99. The van der Waals surface area contributed by atoms with E-state index in [1.807, 2.05) is 17.0 Å². The molecule has 0 N–H and O–H groups in total. The molecule has 7 nitrogen and oxygen atoms in total. The van der Waals surface area contributed by atoms with Gasteiger partial charge in [-0.15, -0.1) is 0 Å². The minimum atomic E-state index is -0.166. The largest absolute Gasteiger partial charge is 0.357 e. The van der Waals surface area contributed by atoms with E-state index in [2.05, 4.69) is 26.9 Å². The second-order valence-electron chi connectivity index (χ2n) is 7.35. The van der Waals surface area contributed by atoms with E-state index in [1.54, 1.807) is 6.20 Å². The minimum Gasteiger partial charge on any atom is -0.357 e. The summed E-state index contributed by atoms with van der Waals surface area (Å²) in [6.07, 6.45) is 7.49. The van der Waals surface area contributed by atoms with Crippen molar-refractivity contribution in [3.8, 4) is 11.4 Å². The molecular formula is C19H25N5O2. The van der Waals surface area contributed by atoms with Gasteiger partial charge < -0.3 is 14.3 Å². The van der Waals surface area contributed by atoms with E-state index >= 15 is 0 Å². The van der Waals surface area contributed by atoms with Gasteiger partial charge in [-0.3, -0.25) is 4.79 Å². The van der Waals surface area contributed by atoms with E-state index in [9.17, 15) is 4.79 Å². The first-order valence-corrected chi connectivity index (χ1v) is 9.55. The van der Waals surface area contributed by atoms with E-state index in [4.69, 9.17) is 4.52 Å². The predicted molar refractivity (Wildman–Crippen MR) is 97.9 cm³/mol. The molecule has 2 fully saturated rings. The van der Waals surface area contributed by atoms with Gasteiger partial charge in [0.2, 0.25) is 5.82 Å². The molecular weight excluding hydrogens is 330 g/mol. The fourth-order valence-corrected chi connectivity index (χ4v) is 3.63. The van der Waals surface area contributed by atoms with Gasteiger partial charge in [0.05, 0.1) is 0 Å². The number of aromatic nitrogens is 3. The summed E-state index contributed by atoms with van der Waals surface area (Å²) in [4.78, 5) is 25.5. The highest BCUT2D eigenvalue weighted by Crippen LogP contribution is 2.24. The average Bonchev–Trinajstić information content (AvgIpc) is 3.19. The van der Waals surface area contributed by atoms with E-state index < -0.39 is 0 Å². The number of pyridine rings is 1. The van der Waals surface area contributed by atoms with Crippen molar-refractivity contribution >= 4 is 11.7 Å². The Morgan fingerprint density at radius 2 is 1.92 bits per heavy atom. The van der Waals surface area contributed by atoms with Crippen LogP contribution in [0.4, 0.5) is 5.82 Å². The summed E-state index contributed by atoms with van der Waals surface area (Å²) in [7, 11) is 0. The minimum absolute atomic E-state index is 0.0749. The number of likely N-dealkylation sites (tertiary alicyclic amines) is 1. The molecule has 2 saturated heterocycles. The molecule has 0 spiro atoms. The van der Waals surface area contributed by atoms with Gasteiger partial charge in [-0.1, -0.05) is 12.1 Å². The summed E-state index contributed by atoms with van der Waals surface area (Å²) in [5.74, 6) is 1.96. The lowest BCUT2D eigenvalue weighted by molar-refractivity contribution is 0.0647. The number of carbonyl (C=O) groups excluding carboxylic acids is 1.